The Kier molecular flexibility index (Phi) is 4.58. The third-order valence-electron chi connectivity index (χ3n) is 3.04. The number of H-pyrrole nitrogens is 1. The van der Waals surface area contributed by atoms with Crippen LogP contribution in [0.15, 0.2) is 5.16 Å². The lowest BCUT2D eigenvalue weighted by Gasteiger charge is -2.28. The number of hydrogen-bond acceptors (Lipinski definition) is 6. The second-order valence-electron chi connectivity index (χ2n) is 3.79. The number of amidine groups is 1. The van der Waals surface area contributed by atoms with E-state index in [1.54, 1.807) is 13.8 Å². The zero-order chi connectivity index (χ0) is 13.6. The standard InChI is InChI=1S/C9H17N7O2/c1-3-9(4-2,7(10)14-18)8(17)11-5-6-12-15-16-13-6/h18H,3-5H2,1-2H3,(H2,10,14)(H,11,17)(H,12,13,15,16). The fourth-order valence-corrected chi connectivity index (χ4v) is 1.73. The van der Waals surface area contributed by atoms with Gasteiger partial charge in [0.15, 0.2) is 11.7 Å². The summed E-state index contributed by atoms with van der Waals surface area (Å²) >= 11 is 0. The van der Waals surface area contributed by atoms with Crippen LogP contribution in [0.25, 0.3) is 0 Å². The predicted molar refractivity (Wildman–Crippen MR) is 62.4 cm³/mol. The van der Waals surface area contributed by atoms with Crippen molar-refractivity contribution in [3.8, 4) is 0 Å². The first kappa shape index (κ1) is 13.9. The number of rotatable bonds is 6. The van der Waals surface area contributed by atoms with Crippen molar-refractivity contribution in [3.63, 3.8) is 0 Å². The van der Waals surface area contributed by atoms with Gasteiger partial charge < -0.3 is 16.3 Å². The molecule has 1 rings (SSSR count). The Morgan fingerprint density at radius 2 is 2.22 bits per heavy atom. The molecule has 0 aliphatic carbocycles. The highest BCUT2D eigenvalue weighted by Crippen LogP contribution is 2.27. The van der Waals surface area contributed by atoms with E-state index in [-0.39, 0.29) is 18.3 Å². The second kappa shape index (κ2) is 5.94. The monoisotopic (exact) mass is 255 g/mol. The fourth-order valence-electron chi connectivity index (χ4n) is 1.73. The molecule has 0 saturated carbocycles. The Hall–Kier alpha value is -2.19. The molecule has 0 aliphatic rings. The number of tetrazole rings is 1. The number of nitrogens with zero attached hydrogens (tertiary/aromatic N) is 4. The van der Waals surface area contributed by atoms with Gasteiger partial charge in [-0.3, -0.25) is 4.79 Å². The van der Waals surface area contributed by atoms with Gasteiger partial charge in [-0.1, -0.05) is 24.2 Å². The van der Waals surface area contributed by atoms with E-state index in [0.29, 0.717) is 18.7 Å². The van der Waals surface area contributed by atoms with Gasteiger partial charge in [-0.25, -0.2) is 0 Å². The molecule has 0 radical (unpaired) electrons. The van der Waals surface area contributed by atoms with Crippen LogP contribution in [-0.2, 0) is 11.3 Å². The van der Waals surface area contributed by atoms with Gasteiger partial charge in [-0.05, 0) is 12.8 Å². The summed E-state index contributed by atoms with van der Waals surface area (Å²) in [4.78, 5) is 12.2. The summed E-state index contributed by atoms with van der Waals surface area (Å²) in [5.74, 6) is -0.0605. The summed E-state index contributed by atoms with van der Waals surface area (Å²) in [7, 11) is 0. The normalized spacial score (nSPS) is 12.4. The molecule has 1 aromatic rings. The zero-order valence-corrected chi connectivity index (χ0v) is 10.3. The van der Waals surface area contributed by atoms with Crippen LogP contribution in [0.2, 0.25) is 0 Å². The van der Waals surface area contributed by atoms with E-state index >= 15 is 0 Å². The van der Waals surface area contributed by atoms with Crippen LogP contribution in [0.3, 0.4) is 0 Å². The minimum Gasteiger partial charge on any atom is -0.409 e. The first-order chi connectivity index (χ1) is 8.60. The van der Waals surface area contributed by atoms with Gasteiger partial charge >= 0.3 is 0 Å². The number of amides is 1. The number of carbonyl (C=O) groups excluding carboxylic acids is 1. The third-order valence-corrected chi connectivity index (χ3v) is 3.04. The van der Waals surface area contributed by atoms with Crippen molar-refractivity contribution in [1.82, 2.24) is 25.9 Å². The molecule has 1 amide bonds. The summed E-state index contributed by atoms with van der Waals surface area (Å²) in [6.45, 7) is 3.74. The van der Waals surface area contributed by atoms with Crippen molar-refractivity contribution in [2.45, 2.75) is 33.2 Å². The average molecular weight is 255 g/mol. The van der Waals surface area contributed by atoms with Crippen LogP contribution >= 0.6 is 0 Å². The molecule has 9 heteroatoms. The molecule has 1 aromatic heterocycles. The van der Waals surface area contributed by atoms with E-state index in [9.17, 15) is 4.79 Å². The number of nitrogens with one attached hydrogen (secondary N) is 2. The maximum atomic E-state index is 12.2. The Balaban J connectivity index is 2.77. The van der Waals surface area contributed by atoms with E-state index in [1.165, 1.54) is 0 Å². The van der Waals surface area contributed by atoms with Crippen molar-refractivity contribution in [2.24, 2.45) is 16.3 Å². The smallest absolute Gasteiger partial charge is 0.234 e. The SMILES string of the molecule is CCC(CC)(C(=O)NCc1nn[nH]n1)C(N)=NO. The van der Waals surface area contributed by atoms with Gasteiger partial charge in [0.05, 0.1) is 6.54 Å². The molecule has 0 aliphatic heterocycles. The van der Waals surface area contributed by atoms with Crippen LogP contribution in [0, 0.1) is 5.41 Å². The van der Waals surface area contributed by atoms with Crippen LogP contribution in [-0.4, -0.2) is 37.6 Å². The quantitative estimate of drug-likeness (QED) is 0.231. The molecule has 1 heterocycles. The minimum atomic E-state index is -1.02. The maximum absolute atomic E-state index is 12.2. The molecule has 100 valence electrons. The number of aromatic amines is 1. The van der Waals surface area contributed by atoms with Gasteiger partial charge in [-0.2, -0.15) is 5.21 Å². The third kappa shape index (κ3) is 2.55. The number of hydrogen-bond donors (Lipinski definition) is 4. The van der Waals surface area contributed by atoms with Gasteiger partial charge in [0.2, 0.25) is 5.91 Å². The molecule has 5 N–H and O–H groups in total. The van der Waals surface area contributed by atoms with E-state index in [1.807, 2.05) is 0 Å². The molecule has 9 nitrogen and oxygen atoms in total. The highest BCUT2D eigenvalue weighted by molar-refractivity contribution is 6.06. The van der Waals surface area contributed by atoms with Crippen LogP contribution in [0.5, 0.6) is 0 Å². The van der Waals surface area contributed by atoms with Gasteiger partial charge in [0, 0.05) is 0 Å². The van der Waals surface area contributed by atoms with E-state index in [2.05, 4.69) is 31.1 Å². The summed E-state index contributed by atoms with van der Waals surface area (Å²) in [5.41, 5.74) is 4.60. The number of oxime groups is 1. The number of nitrogens with two attached hydrogens (primary N) is 1. The summed E-state index contributed by atoms with van der Waals surface area (Å²) in [6.07, 6.45) is 0.856. The summed E-state index contributed by atoms with van der Waals surface area (Å²) < 4.78 is 0. The fraction of sp³-hybridized carbons (Fsp3) is 0.667. The van der Waals surface area contributed by atoms with Gasteiger partial charge in [0.1, 0.15) is 5.41 Å². The molecule has 0 atom stereocenters. The Bertz CT molecular complexity index is 411. The molecule has 0 aromatic carbocycles. The van der Waals surface area contributed by atoms with Crippen LogP contribution in [0.4, 0.5) is 0 Å². The maximum Gasteiger partial charge on any atom is 0.234 e. The Morgan fingerprint density at radius 1 is 1.56 bits per heavy atom. The molecule has 0 unspecified atom stereocenters. The zero-order valence-electron chi connectivity index (χ0n) is 10.3. The summed E-state index contributed by atoms with van der Waals surface area (Å²) in [6, 6.07) is 0. The number of carbonyl (C=O) groups is 1. The van der Waals surface area contributed by atoms with Crippen molar-refractivity contribution >= 4 is 11.7 Å². The lowest BCUT2D eigenvalue weighted by molar-refractivity contribution is -0.128. The summed E-state index contributed by atoms with van der Waals surface area (Å²) in [5, 5.41) is 27.5. The van der Waals surface area contributed by atoms with Crippen LogP contribution in [0.1, 0.15) is 32.5 Å². The molecular weight excluding hydrogens is 238 g/mol. The minimum absolute atomic E-state index is 0.0990. The van der Waals surface area contributed by atoms with Gasteiger partial charge in [0.25, 0.3) is 0 Å². The molecular formula is C9H17N7O2. The second-order valence-corrected chi connectivity index (χ2v) is 3.79. The van der Waals surface area contributed by atoms with Crippen molar-refractivity contribution in [2.75, 3.05) is 0 Å². The van der Waals surface area contributed by atoms with Crippen molar-refractivity contribution in [3.05, 3.63) is 5.82 Å². The van der Waals surface area contributed by atoms with Crippen molar-refractivity contribution in [1.29, 1.82) is 0 Å². The predicted octanol–water partition coefficient (Wildman–Crippen LogP) is -0.631. The lowest BCUT2D eigenvalue weighted by atomic mass is 9.80. The Labute approximate surface area is 104 Å². The van der Waals surface area contributed by atoms with Crippen molar-refractivity contribution < 1.29 is 10.0 Å². The largest absolute Gasteiger partial charge is 0.409 e. The number of aromatic nitrogens is 4. The molecule has 0 fully saturated rings. The molecule has 0 bridgehead atoms. The first-order valence-corrected chi connectivity index (χ1v) is 5.59. The highest BCUT2D eigenvalue weighted by atomic mass is 16.4. The molecule has 0 saturated heterocycles. The average Bonchev–Trinajstić information content (AvgIpc) is 2.91. The first-order valence-electron chi connectivity index (χ1n) is 5.59. The van der Waals surface area contributed by atoms with E-state index in [4.69, 9.17) is 10.9 Å². The Morgan fingerprint density at radius 3 is 2.67 bits per heavy atom. The highest BCUT2D eigenvalue weighted by Gasteiger charge is 2.39. The van der Waals surface area contributed by atoms with E-state index < -0.39 is 5.41 Å². The lowest BCUT2D eigenvalue weighted by Crippen LogP contribution is -2.49. The van der Waals surface area contributed by atoms with Crippen LogP contribution < -0.4 is 11.1 Å². The van der Waals surface area contributed by atoms with E-state index in [0.717, 1.165) is 0 Å². The molecule has 0 spiro atoms. The topological polar surface area (TPSA) is 142 Å². The van der Waals surface area contributed by atoms with Gasteiger partial charge in [-0.15, -0.1) is 10.2 Å². The molecule has 18 heavy (non-hydrogen) atoms.